The van der Waals surface area contributed by atoms with E-state index in [4.69, 9.17) is 26.4 Å². The van der Waals surface area contributed by atoms with Gasteiger partial charge in [-0.15, -0.1) is 0 Å². The summed E-state index contributed by atoms with van der Waals surface area (Å²) in [6.07, 6.45) is 0. The van der Waals surface area contributed by atoms with E-state index < -0.39 is 5.97 Å². The summed E-state index contributed by atoms with van der Waals surface area (Å²) in [5.41, 5.74) is 2.11. The third-order valence-corrected chi connectivity index (χ3v) is 3.79. The molecule has 26 heavy (non-hydrogen) atoms. The molecule has 138 valence electrons. The summed E-state index contributed by atoms with van der Waals surface area (Å²) in [6.45, 7) is 3.02. The van der Waals surface area contributed by atoms with Crippen molar-refractivity contribution >= 4 is 29.0 Å². The maximum atomic E-state index is 11.8. The van der Waals surface area contributed by atoms with E-state index in [1.54, 1.807) is 12.1 Å². The molecule has 0 aliphatic heterocycles. The van der Waals surface area contributed by atoms with Gasteiger partial charge in [-0.05, 0) is 61.1 Å². The Morgan fingerprint density at radius 1 is 1.12 bits per heavy atom. The summed E-state index contributed by atoms with van der Waals surface area (Å²) in [6, 6.07) is 12.8. The molecule has 2 aromatic rings. The highest BCUT2D eigenvalue weighted by molar-refractivity contribution is 7.80. The highest BCUT2D eigenvalue weighted by Gasteiger charge is 2.13. The Labute approximate surface area is 158 Å². The number of thiocarbonyl (C=S) groups is 1. The molecule has 0 unspecified atom stereocenters. The first kappa shape index (κ1) is 19.5. The van der Waals surface area contributed by atoms with Gasteiger partial charge in [0.05, 0.1) is 20.8 Å². The standard InChI is InChI=1S/C19H22N2O4S/c1-4-25-15-8-6-14(7-9-15)21-19(26)20-12-13-5-10-17(23-2)16(11-13)18(22)24-3/h5-11H,4,12H2,1-3H3,(H2,20,21,26). The third-order valence-electron chi connectivity index (χ3n) is 3.55. The Balaban J connectivity index is 1.95. The topological polar surface area (TPSA) is 68.8 Å². The zero-order chi connectivity index (χ0) is 18.9. The first-order chi connectivity index (χ1) is 12.6. The minimum absolute atomic E-state index is 0.375. The average molecular weight is 374 g/mol. The lowest BCUT2D eigenvalue weighted by Crippen LogP contribution is -2.28. The summed E-state index contributed by atoms with van der Waals surface area (Å²) in [5.74, 6) is 0.833. The van der Waals surface area contributed by atoms with E-state index in [0.29, 0.717) is 29.6 Å². The molecule has 0 atom stereocenters. The van der Waals surface area contributed by atoms with E-state index in [-0.39, 0.29) is 0 Å². The number of esters is 1. The van der Waals surface area contributed by atoms with Gasteiger partial charge in [-0.3, -0.25) is 0 Å². The van der Waals surface area contributed by atoms with Crippen LogP contribution in [0.5, 0.6) is 11.5 Å². The molecule has 0 aliphatic rings. The van der Waals surface area contributed by atoms with Gasteiger partial charge in [0.25, 0.3) is 0 Å². The fourth-order valence-corrected chi connectivity index (χ4v) is 2.48. The van der Waals surface area contributed by atoms with Gasteiger partial charge in [-0.25, -0.2) is 4.79 Å². The highest BCUT2D eigenvalue weighted by Crippen LogP contribution is 2.21. The van der Waals surface area contributed by atoms with Crippen molar-refractivity contribution in [1.82, 2.24) is 5.32 Å². The smallest absolute Gasteiger partial charge is 0.341 e. The molecule has 0 spiro atoms. The summed E-state index contributed by atoms with van der Waals surface area (Å²) in [7, 11) is 2.85. The Bertz CT molecular complexity index is 763. The van der Waals surface area contributed by atoms with E-state index in [9.17, 15) is 4.79 Å². The van der Waals surface area contributed by atoms with E-state index in [0.717, 1.165) is 17.0 Å². The molecule has 0 saturated carbocycles. The summed E-state index contributed by atoms with van der Waals surface area (Å²) >= 11 is 5.31. The lowest BCUT2D eigenvalue weighted by atomic mass is 10.1. The zero-order valence-electron chi connectivity index (χ0n) is 15.0. The molecule has 6 nitrogen and oxygen atoms in total. The molecule has 2 aromatic carbocycles. The Morgan fingerprint density at radius 2 is 1.85 bits per heavy atom. The van der Waals surface area contributed by atoms with Gasteiger partial charge in [-0.2, -0.15) is 0 Å². The number of hydrogen-bond acceptors (Lipinski definition) is 5. The highest BCUT2D eigenvalue weighted by atomic mass is 32.1. The van der Waals surface area contributed by atoms with Crippen molar-refractivity contribution < 1.29 is 19.0 Å². The van der Waals surface area contributed by atoms with Gasteiger partial charge in [0.15, 0.2) is 5.11 Å². The second-order valence-electron chi connectivity index (χ2n) is 5.29. The molecule has 7 heteroatoms. The Kier molecular flexibility index (Phi) is 7.23. The quantitative estimate of drug-likeness (QED) is 0.569. The van der Waals surface area contributed by atoms with Gasteiger partial charge in [0, 0.05) is 12.2 Å². The minimum atomic E-state index is -0.446. The molecule has 0 fully saturated rings. The van der Waals surface area contributed by atoms with Crippen LogP contribution >= 0.6 is 12.2 Å². The number of ether oxygens (including phenoxy) is 3. The van der Waals surface area contributed by atoms with Crippen LogP contribution in [-0.4, -0.2) is 31.9 Å². The lowest BCUT2D eigenvalue weighted by Gasteiger charge is -2.13. The van der Waals surface area contributed by atoms with Crippen molar-refractivity contribution in [2.75, 3.05) is 26.1 Å². The van der Waals surface area contributed by atoms with Crippen LogP contribution in [0, 0.1) is 0 Å². The van der Waals surface area contributed by atoms with Crippen molar-refractivity contribution in [3.8, 4) is 11.5 Å². The fraction of sp³-hybridized carbons (Fsp3) is 0.263. The van der Waals surface area contributed by atoms with Gasteiger partial charge in [-0.1, -0.05) is 6.07 Å². The van der Waals surface area contributed by atoms with Gasteiger partial charge in [0.1, 0.15) is 17.1 Å². The van der Waals surface area contributed by atoms with E-state index in [2.05, 4.69) is 10.6 Å². The average Bonchev–Trinajstić information content (AvgIpc) is 2.67. The molecule has 0 heterocycles. The summed E-state index contributed by atoms with van der Waals surface area (Å²) in [5, 5.41) is 6.68. The number of hydrogen-bond donors (Lipinski definition) is 2. The van der Waals surface area contributed by atoms with Crippen molar-refractivity contribution in [2.24, 2.45) is 0 Å². The first-order valence-electron chi connectivity index (χ1n) is 8.10. The van der Waals surface area contributed by atoms with Crippen LogP contribution in [0.3, 0.4) is 0 Å². The first-order valence-corrected chi connectivity index (χ1v) is 8.51. The molecule has 2 N–H and O–H groups in total. The normalized spacial score (nSPS) is 9.96. The summed E-state index contributed by atoms with van der Waals surface area (Å²) < 4.78 is 15.4. The summed E-state index contributed by atoms with van der Waals surface area (Å²) in [4.78, 5) is 11.8. The fourth-order valence-electron chi connectivity index (χ4n) is 2.29. The van der Waals surface area contributed by atoms with Gasteiger partial charge in [0.2, 0.25) is 0 Å². The predicted molar refractivity (Wildman–Crippen MR) is 105 cm³/mol. The van der Waals surface area contributed by atoms with Crippen LogP contribution < -0.4 is 20.1 Å². The predicted octanol–water partition coefficient (Wildman–Crippen LogP) is 3.37. The molecule has 2 rings (SSSR count). The molecular formula is C19H22N2O4S. The number of rotatable bonds is 7. The zero-order valence-corrected chi connectivity index (χ0v) is 15.8. The molecule has 0 amide bonds. The largest absolute Gasteiger partial charge is 0.496 e. The van der Waals surface area contributed by atoms with Crippen molar-refractivity contribution in [3.63, 3.8) is 0 Å². The lowest BCUT2D eigenvalue weighted by molar-refractivity contribution is 0.0597. The second kappa shape index (κ2) is 9.62. The number of carbonyl (C=O) groups excluding carboxylic acids is 1. The number of benzene rings is 2. The minimum Gasteiger partial charge on any atom is -0.496 e. The maximum absolute atomic E-state index is 11.8. The van der Waals surface area contributed by atoms with E-state index >= 15 is 0 Å². The molecular weight excluding hydrogens is 352 g/mol. The van der Waals surface area contributed by atoms with Crippen LogP contribution in [-0.2, 0) is 11.3 Å². The van der Waals surface area contributed by atoms with E-state index in [1.807, 2.05) is 37.3 Å². The number of nitrogens with one attached hydrogen (secondary N) is 2. The molecule has 0 aromatic heterocycles. The number of anilines is 1. The Hall–Kier alpha value is -2.80. The number of carbonyl (C=O) groups is 1. The maximum Gasteiger partial charge on any atom is 0.341 e. The van der Waals surface area contributed by atoms with E-state index in [1.165, 1.54) is 14.2 Å². The van der Waals surface area contributed by atoms with Crippen LogP contribution in [0.15, 0.2) is 42.5 Å². The molecule has 0 radical (unpaired) electrons. The van der Waals surface area contributed by atoms with Crippen molar-refractivity contribution in [1.29, 1.82) is 0 Å². The molecule has 0 saturated heterocycles. The SMILES string of the molecule is CCOc1ccc(NC(=S)NCc2ccc(OC)c(C(=O)OC)c2)cc1. The molecule has 0 aliphatic carbocycles. The molecule has 0 bridgehead atoms. The van der Waals surface area contributed by atoms with Crippen molar-refractivity contribution in [3.05, 3.63) is 53.6 Å². The monoisotopic (exact) mass is 374 g/mol. The van der Waals surface area contributed by atoms with Crippen LogP contribution in [0.25, 0.3) is 0 Å². The van der Waals surface area contributed by atoms with Gasteiger partial charge >= 0.3 is 5.97 Å². The van der Waals surface area contributed by atoms with Crippen LogP contribution in [0.2, 0.25) is 0 Å². The van der Waals surface area contributed by atoms with Crippen LogP contribution in [0.1, 0.15) is 22.8 Å². The Morgan fingerprint density at radius 3 is 2.46 bits per heavy atom. The third kappa shape index (κ3) is 5.35. The van der Waals surface area contributed by atoms with Crippen LogP contribution in [0.4, 0.5) is 5.69 Å². The van der Waals surface area contributed by atoms with Crippen molar-refractivity contribution in [2.45, 2.75) is 13.5 Å². The number of methoxy groups -OCH3 is 2. The van der Waals surface area contributed by atoms with Gasteiger partial charge < -0.3 is 24.8 Å². The second-order valence-corrected chi connectivity index (χ2v) is 5.70.